The number of nitrogens with zero attached hydrogens (tertiary/aromatic N) is 1. The molecule has 2 rings (SSSR count). The van der Waals surface area contributed by atoms with Crippen LogP contribution in [0.15, 0.2) is 47.4 Å². The molecular formula is C15H15ClN2O2. The zero-order chi connectivity index (χ0) is 14.5. The number of nitrogens with one attached hydrogen (secondary N) is 1. The monoisotopic (exact) mass is 290 g/mol. The fraction of sp³-hybridized carbons (Fsp3) is 0.200. The Morgan fingerprint density at radius 2 is 2.10 bits per heavy atom. The second-order valence-electron chi connectivity index (χ2n) is 4.33. The van der Waals surface area contributed by atoms with Crippen molar-refractivity contribution in [1.82, 2.24) is 4.57 Å². The van der Waals surface area contributed by atoms with E-state index in [2.05, 4.69) is 5.32 Å². The predicted molar refractivity (Wildman–Crippen MR) is 80.3 cm³/mol. The van der Waals surface area contributed by atoms with E-state index in [0.717, 1.165) is 5.56 Å². The first-order valence-corrected chi connectivity index (χ1v) is 6.84. The summed E-state index contributed by atoms with van der Waals surface area (Å²) < 4.78 is 1.53. The number of aryl methyl sites for hydroxylation is 1. The average Bonchev–Trinajstić information content (AvgIpc) is 2.49. The number of halogens is 1. The van der Waals surface area contributed by atoms with Crippen molar-refractivity contribution in [2.45, 2.75) is 19.3 Å². The quantitative estimate of drug-likeness (QED) is 0.880. The van der Waals surface area contributed by atoms with E-state index < -0.39 is 0 Å². The Hall–Kier alpha value is -2.07. The Bertz CT molecular complexity index is 680. The molecular weight excluding hydrogens is 276 g/mol. The van der Waals surface area contributed by atoms with Crippen LogP contribution in [0.1, 0.15) is 22.8 Å². The van der Waals surface area contributed by atoms with Crippen molar-refractivity contribution < 1.29 is 4.79 Å². The van der Waals surface area contributed by atoms with E-state index >= 15 is 0 Å². The van der Waals surface area contributed by atoms with Gasteiger partial charge in [-0.15, -0.1) is 11.6 Å². The first-order valence-electron chi connectivity index (χ1n) is 6.30. The number of carbonyl (C=O) groups excluding carboxylic acids is 1. The van der Waals surface area contributed by atoms with Gasteiger partial charge in [-0.3, -0.25) is 9.59 Å². The summed E-state index contributed by atoms with van der Waals surface area (Å²) in [6.07, 6.45) is 1.63. The van der Waals surface area contributed by atoms with Crippen molar-refractivity contribution in [1.29, 1.82) is 0 Å². The number of hydrogen-bond acceptors (Lipinski definition) is 2. The number of rotatable bonds is 4. The molecule has 0 saturated heterocycles. The minimum Gasteiger partial charge on any atom is -0.321 e. The molecule has 0 saturated carbocycles. The summed E-state index contributed by atoms with van der Waals surface area (Å²) in [5.41, 5.74) is 1.93. The van der Waals surface area contributed by atoms with Crippen molar-refractivity contribution in [3.05, 3.63) is 64.1 Å². The van der Waals surface area contributed by atoms with Crippen LogP contribution in [0.5, 0.6) is 0 Å². The van der Waals surface area contributed by atoms with Gasteiger partial charge in [0.05, 0.1) is 5.69 Å². The van der Waals surface area contributed by atoms with Crippen LogP contribution in [0.3, 0.4) is 0 Å². The third-order valence-electron chi connectivity index (χ3n) is 2.93. The van der Waals surface area contributed by atoms with E-state index in [4.69, 9.17) is 11.6 Å². The van der Waals surface area contributed by atoms with Gasteiger partial charge in [0.25, 0.3) is 11.5 Å². The molecule has 0 unspecified atom stereocenters. The van der Waals surface area contributed by atoms with Gasteiger partial charge in [0, 0.05) is 30.3 Å². The van der Waals surface area contributed by atoms with Gasteiger partial charge in [-0.1, -0.05) is 12.1 Å². The van der Waals surface area contributed by atoms with Gasteiger partial charge in [-0.05, 0) is 30.7 Å². The molecule has 1 N–H and O–H groups in total. The van der Waals surface area contributed by atoms with Crippen LogP contribution in [0, 0.1) is 0 Å². The second-order valence-corrected chi connectivity index (χ2v) is 4.60. The third kappa shape index (κ3) is 3.27. The van der Waals surface area contributed by atoms with E-state index in [1.807, 2.05) is 13.0 Å². The summed E-state index contributed by atoms with van der Waals surface area (Å²) in [5, 5.41) is 2.77. The number of carbonyl (C=O) groups is 1. The highest BCUT2D eigenvalue weighted by Crippen LogP contribution is 2.11. The lowest BCUT2D eigenvalue weighted by Crippen LogP contribution is -2.19. The van der Waals surface area contributed by atoms with Gasteiger partial charge in [0.2, 0.25) is 0 Å². The van der Waals surface area contributed by atoms with Crippen molar-refractivity contribution in [3.8, 4) is 0 Å². The maximum atomic E-state index is 12.1. The van der Waals surface area contributed by atoms with E-state index in [9.17, 15) is 9.59 Å². The number of anilines is 1. The summed E-state index contributed by atoms with van der Waals surface area (Å²) in [5.74, 6) is 0.139. The SMILES string of the molecule is CCn1cc(NC(=O)c2cccc(CCl)c2)ccc1=O. The van der Waals surface area contributed by atoms with Crippen molar-refractivity contribution in [3.63, 3.8) is 0 Å². The summed E-state index contributed by atoms with van der Waals surface area (Å²) in [7, 11) is 0. The fourth-order valence-corrected chi connectivity index (χ4v) is 2.02. The van der Waals surface area contributed by atoms with Crippen LogP contribution in [-0.4, -0.2) is 10.5 Å². The molecule has 0 aliphatic carbocycles. The molecule has 1 amide bonds. The van der Waals surface area contributed by atoms with Gasteiger partial charge in [0.15, 0.2) is 0 Å². The zero-order valence-corrected chi connectivity index (χ0v) is 11.9. The largest absolute Gasteiger partial charge is 0.321 e. The molecule has 0 fully saturated rings. The second kappa shape index (κ2) is 6.39. The smallest absolute Gasteiger partial charge is 0.255 e. The Kier molecular flexibility index (Phi) is 4.58. The first-order chi connectivity index (χ1) is 9.63. The van der Waals surface area contributed by atoms with E-state index in [1.54, 1.807) is 30.5 Å². The molecule has 1 heterocycles. The van der Waals surface area contributed by atoms with Crippen LogP contribution >= 0.6 is 11.6 Å². The lowest BCUT2D eigenvalue weighted by Gasteiger charge is -2.08. The molecule has 2 aromatic rings. The van der Waals surface area contributed by atoms with Crippen LogP contribution in [0.25, 0.3) is 0 Å². The molecule has 1 aromatic carbocycles. The average molecular weight is 291 g/mol. The van der Waals surface area contributed by atoms with E-state index in [0.29, 0.717) is 23.7 Å². The number of amides is 1. The number of pyridine rings is 1. The minimum atomic E-state index is -0.224. The molecule has 1 aromatic heterocycles. The van der Waals surface area contributed by atoms with Gasteiger partial charge in [-0.2, -0.15) is 0 Å². The normalized spacial score (nSPS) is 10.3. The minimum absolute atomic E-state index is 0.0883. The lowest BCUT2D eigenvalue weighted by molar-refractivity contribution is 0.102. The Balaban J connectivity index is 2.20. The van der Waals surface area contributed by atoms with Crippen LogP contribution in [0.4, 0.5) is 5.69 Å². The van der Waals surface area contributed by atoms with Crippen LogP contribution in [-0.2, 0) is 12.4 Å². The first kappa shape index (κ1) is 14.3. The fourth-order valence-electron chi connectivity index (χ4n) is 1.85. The molecule has 0 spiro atoms. The van der Waals surface area contributed by atoms with Crippen molar-refractivity contribution in [2.75, 3.05) is 5.32 Å². The third-order valence-corrected chi connectivity index (χ3v) is 3.23. The summed E-state index contributed by atoms with van der Waals surface area (Å²) >= 11 is 5.75. The van der Waals surface area contributed by atoms with Crippen LogP contribution < -0.4 is 10.9 Å². The molecule has 4 nitrogen and oxygen atoms in total. The topological polar surface area (TPSA) is 51.1 Å². The van der Waals surface area contributed by atoms with E-state index in [-0.39, 0.29) is 11.5 Å². The molecule has 0 atom stereocenters. The Morgan fingerprint density at radius 3 is 2.80 bits per heavy atom. The molecule has 0 aliphatic rings. The van der Waals surface area contributed by atoms with Crippen LogP contribution in [0.2, 0.25) is 0 Å². The highest BCUT2D eigenvalue weighted by molar-refractivity contribution is 6.17. The van der Waals surface area contributed by atoms with Crippen molar-refractivity contribution >= 4 is 23.2 Å². The molecule has 104 valence electrons. The molecule has 0 radical (unpaired) electrons. The number of aromatic nitrogens is 1. The standard InChI is InChI=1S/C15H15ClN2O2/c1-2-18-10-13(6-7-14(18)19)17-15(20)12-5-3-4-11(8-12)9-16/h3-8,10H,2,9H2,1H3,(H,17,20). The van der Waals surface area contributed by atoms with E-state index in [1.165, 1.54) is 10.6 Å². The van der Waals surface area contributed by atoms with Gasteiger partial charge in [-0.25, -0.2) is 0 Å². The van der Waals surface area contributed by atoms with Gasteiger partial charge in [0.1, 0.15) is 0 Å². The summed E-state index contributed by atoms with van der Waals surface area (Å²) in [6.45, 7) is 2.43. The molecule has 5 heteroatoms. The van der Waals surface area contributed by atoms with Crippen molar-refractivity contribution in [2.24, 2.45) is 0 Å². The molecule has 0 aliphatic heterocycles. The maximum Gasteiger partial charge on any atom is 0.255 e. The Labute approximate surface area is 122 Å². The number of benzene rings is 1. The summed E-state index contributed by atoms with van der Waals surface area (Å²) in [4.78, 5) is 23.6. The van der Waals surface area contributed by atoms with Gasteiger partial charge >= 0.3 is 0 Å². The lowest BCUT2D eigenvalue weighted by atomic mass is 10.1. The zero-order valence-electron chi connectivity index (χ0n) is 11.1. The van der Waals surface area contributed by atoms with Gasteiger partial charge < -0.3 is 9.88 Å². The maximum absolute atomic E-state index is 12.1. The number of hydrogen-bond donors (Lipinski definition) is 1. The Morgan fingerprint density at radius 1 is 1.30 bits per heavy atom. The highest BCUT2D eigenvalue weighted by atomic mass is 35.5. The molecule has 0 bridgehead atoms. The number of alkyl halides is 1. The predicted octanol–water partition coefficient (Wildman–Crippen LogP) is 2.86. The summed E-state index contributed by atoms with van der Waals surface area (Å²) in [6, 6.07) is 10.2. The highest BCUT2D eigenvalue weighted by Gasteiger charge is 2.07. The molecule has 20 heavy (non-hydrogen) atoms.